The van der Waals surface area contributed by atoms with Gasteiger partial charge in [-0.3, -0.25) is 4.68 Å². The van der Waals surface area contributed by atoms with Crippen molar-refractivity contribution in [1.82, 2.24) is 9.78 Å². The van der Waals surface area contributed by atoms with Gasteiger partial charge in [0.15, 0.2) is 0 Å². The summed E-state index contributed by atoms with van der Waals surface area (Å²) in [5.41, 5.74) is 7.19. The Morgan fingerprint density at radius 1 is 1.16 bits per heavy atom. The summed E-state index contributed by atoms with van der Waals surface area (Å²) in [6.45, 7) is 0. The lowest BCUT2D eigenvalue weighted by atomic mass is 9.98. The number of aromatic hydroxyl groups is 2. The average molecular weight is 255 g/mol. The van der Waals surface area contributed by atoms with Gasteiger partial charge in [0, 0.05) is 18.2 Å². The first-order valence-electron chi connectivity index (χ1n) is 5.80. The Bertz CT molecular complexity index is 772. The maximum atomic E-state index is 10.1. The zero-order chi connectivity index (χ0) is 13.6. The molecule has 0 aliphatic rings. The van der Waals surface area contributed by atoms with Crippen LogP contribution in [0.3, 0.4) is 0 Å². The molecule has 5 nitrogen and oxygen atoms in total. The first-order chi connectivity index (χ1) is 9.08. The summed E-state index contributed by atoms with van der Waals surface area (Å²) in [5.74, 6) is 0.714. The minimum absolute atomic E-state index is 0.109. The Labute approximate surface area is 109 Å². The number of anilines is 1. The van der Waals surface area contributed by atoms with Crippen LogP contribution in [0.4, 0.5) is 5.82 Å². The van der Waals surface area contributed by atoms with Gasteiger partial charge in [0.2, 0.25) is 0 Å². The molecule has 96 valence electrons. The highest BCUT2D eigenvalue weighted by Crippen LogP contribution is 2.39. The molecule has 0 spiro atoms. The number of nitrogen functional groups attached to an aromatic ring is 1. The normalized spacial score (nSPS) is 11.0. The number of phenolic OH excluding ortho intramolecular Hbond substituents is 2. The molecule has 3 aromatic rings. The third-order valence-corrected chi connectivity index (χ3v) is 3.24. The van der Waals surface area contributed by atoms with Gasteiger partial charge in [0.1, 0.15) is 17.3 Å². The predicted octanol–water partition coefficient (Wildman–Crippen LogP) is 2.23. The van der Waals surface area contributed by atoms with E-state index in [0.29, 0.717) is 16.9 Å². The minimum Gasteiger partial charge on any atom is -0.508 e. The molecule has 0 fully saturated rings. The van der Waals surface area contributed by atoms with Crippen molar-refractivity contribution in [2.75, 3.05) is 5.73 Å². The third-order valence-electron chi connectivity index (χ3n) is 3.24. The number of hydrogen-bond acceptors (Lipinski definition) is 4. The third kappa shape index (κ3) is 1.67. The van der Waals surface area contributed by atoms with Crippen molar-refractivity contribution < 1.29 is 10.2 Å². The van der Waals surface area contributed by atoms with Gasteiger partial charge in [-0.2, -0.15) is 5.10 Å². The van der Waals surface area contributed by atoms with Crippen LogP contribution in [0, 0.1) is 0 Å². The smallest absolute Gasteiger partial charge is 0.129 e. The summed E-state index contributed by atoms with van der Waals surface area (Å²) in [5, 5.41) is 25.5. The Morgan fingerprint density at radius 2 is 1.89 bits per heavy atom. The lowest BCUT2D eigenvalue weighted by Crippen LogP contribution is -1.98. The van der Waals surface area contributed by atoms with Crippen molar-refractivity contribution in [2.45, 2.75) is 0 Å². The molecule has 0 atom stereocenters. The lowest BCUT2D eigenvalue weighted by Gasteiger charge is -2.09. The van der Waals surface area contributed by atoms with Crippen molar-refractivity contribution >= 4 is 16.6 Å². The molecule has 0 bridgehead atoms. The van der Waals surface area contributed by atoms with E-state index >= 15 is 0 Å². The first kappa shape index (κ1) is 11.4. The quantitative estimate of drug-likeness (QED) is 0.622. The molecular formula is C14H13N3O2. The number of fused-ring (bicyclic) bond motifs is 1. The Morgan fingerprint density at radius 3 is 2.58 bits per heavy atom. The SMILES string of the molecule is Cn1ncc(-c2c(O)ccc3ccc(O)cc23)c1N. The first-order valence-corrected chi connectivity index (χ1v) is 5.80. The van der Waals surface area contributed by atoms with Gasteiger partial charge in [0.05, 0.1) is 6.20 Å². The second-order valence-corrected chi connectivity index (χ2v) is 4.43. The Hall–Kier alpha value is -2.69. The predicted molar refractivity (Wildman–Crippen MR) is 73.9 cm³/mol. The van der Waals surface area contributed by atoms with Crippen molar-refractivity contribution in [2.24, 2.45) is 7.05 Å². The van der Waals surface area contributed by atoms with E-state index in [1.165, 1.54) is 4.68 Å². The van der Waals surface area contributed by atoms with E-state index in [1.54, 1.807) is 43.6 Å². The highest BCUT2D eigenvalue weighted by molar-refractivity contribution is 6.02. The molecule has 0 amide bonds. The van der Waals surface area contributed by atoms with Gasteiger partial charge in [-0.15, -0.1) is 0 Å². The van der Waals surface area contributed by atoms with Gasteiger partial charge in [-0.25, -0.2) is 0 Å². The maximum absolute atomic E-state index is 10.1. The fourth-order valence-corrected chi connectivity index (χ4v) is 2.22. The van der Waals surface area contributed by atoms with Crippen LogP contribution in [0.25, 0.3) is 21.9 Å². The largest absolute Gasteiger partial charge is 0.508 e. The van der Waals surface area contributed by atoms with Gasteiger partial charge < -0.3 is 15.9 Å². The van der Waals surface area contributed by atoms with E-state index in [9.17, 15) is 10.2 Å². The van der Waals surface area contributed by atoms with Crippen LogP contribution in [0.1, 0.15) is 0 Å². The lowest BCUT2D eigenvalue weighted by molar-refractivity contribution is 0.475. The van der Waals surface area contributed by atoms with Crippen molar-refractivity contribution in [1.29, 1.82) is 0 Å². The van der Waals surface area contributed by atoms with Crippen LogP contribution in [0.15, 0.2) is 36.5 Å². The molecule has 0 unspecified atom stereocenters. The molecule has 3 rings (SSSR count). The number of aromatic nitrogens is 2. The fourth-order valence-electron chi connectivity index (χ4n) is 2.22. The van der Waals surface area contributed by atoms with Crippen molar-refractivity contribution in [3.8, 4) is 22.6 Å². The van der Waals surface area contributed by atoms with E-state index in [2.05, 4.69) is 5.10 Å². The highest BCUT2D eigenvalue weighted by Gasteiger charge is 2.15. The Balaban J connectivity index is 2.42. The summed E-state index contributed by atoms with van der Waals surface area (Å²) < 4.78 is 1.54. The van der Waals surface area contributed by atoms with Crippen LogP contribution in [0.2, 0.25) is 0 Å². The van der Waals surface area contributed by atoms with Crippen LogP contribution < -0.4 is 5.73 Å². The molecular weight excluding hydrogens is 242 g/mol. The zero-order valence-corrected chi connectivity index (χ0v) is 10.3. The van der Waals surface area contributed by atoms with Crippen LogP contribution in [-0.4, -0.2) is 20.0 Å². The molecule has 2 aromatic carbocycles. The minimum atomic E-state index is 0.109. The molecule has 0 aliphatic carbocycles. The standard InChI is InChI=1S/C14H13N3O2/c1-17-14(15)11(7-16-17)13-10-6-9(18)4-2-8(10)3-5-12(13)19/h2-7,18-19H,15H2,1H3. The average Bonchev–Trinajstić information content (AvgIpc) is 2.70. The molecule has 0 saturated heterocycles. The number of nitrogens with zero attached hydrogens (tertiary/aromatic N) is 2. The number of aryl methyl sites for hydroxylation is 1. The summed E-state index contributed by atoms with van der Waals surface area (Å²) in [7, 11) is 1.73. The Kier molecular flexibility index (Phi) is 2.35. The molecule has 1 aromatic heterocycles. The zero-order valence-electron chi connectivity index (χ0n) is 10.3. The van der Waals surface area contributed by atoms with Crippen LogP contribution in [0.5, 0.6) is 11.5 Å². The van der Waals surface area contributed by atoms with Crippen molar-refractivity contribution in [3.05, 3.63) is 36.5 Å². The number of benzene rings is 2. The number of rotatable bonds is 1. The van der Waals surface area contributed by atoms with Crippen molar-refractivity contribution in [3.63, 3.8) is 0 Å². The summed E-state index contributed by atoms with van der Waals surface area (Å²) in [4.78, 5) is 0. The fraction of sp³-hybridized carbons (Fsp3) is 0.0714. The maximum Gasteiger partial charge on any atom is 0.129 e. The van der Waals surface area contributed by atoms with E-state index in [0.717, 1.165) is 10.8 Å². The molecule has 1 heterocycles. The number of phenols is 2. The molecule has 0 aliphatic heterocycles. The van der Waals surface area contributed by atoms with Gasteiger partial charge >= 0.3 is 0 Å². The summed E-state index contributed by atoms with van der Waals surface area (Å²) in [6, 6.07) is 8.41. The van der Waals surface area contributed by atoms with Gasteiger partial charge in [0.25, 0.3) is 0 Å². The molecule has 5 heteroatoms. The second-order valence-electron chi connectivity index (χ2n) is 4.43. The topological polar surface area (TPSA) is 84.3 Å². The summed E-state index contributed by atoms with van der Waals surface area (Å²) in [6.07, 6.45) is 1.61. The van der Waals surface area contributed by atoms with Crippen LogP contribution >= 0.6 is 0 Å². The van der Waals surface area contributed by atoms with E-state index in [4.69, 9.17) is 5.73 Å². The van der Waals surface area contributed by atoms with E-state index < -0.39 is 0 Å². The molecule has 0 radical (unpaired) electrons. The van der Waals surface area contributed by atoms with Gasteiger partial charge in [-0.05, 0) is 29.0 Å². The second kappa shape index (κ2) is 3.91. The number of nitrogens with two attached hydrogens (primary N) is 1. The molecule has 0 saturated carbocycles. The summed E-state index contributed by atoms with van der Waals surface area (Å²) >= 11 is 0. The monoisotopic (exact) mass is 255 g/mol. The van der Waals surface area contributed by atoms with E-state index in [1.807, 2.05) is 0 Å². The molecule has 19 heavy (non-hydrogen) atoms. The van der Waals surface area contributed by atoms with E-state index in [-0.39, 0.29) is 11.5 Å². The highest BCUT2D eigenvalue weighted by atomic mass is 16.3. The van der Waals surface area contributed by atoms with Gasteiger partial charge in [-0.1, -0.05) is 12.1 Å². The number of hydrogen-bond donors (Lipinski definition) is 3. The van der Waals surface area contributed by atoms with Crippen LogP contribution in [-0.2, 0) is 7.05 Å². The molecule has 4 N–H and O–H groups in total.